The Morgan fingerprint density at radius 1 is 0.759 bits per heavy atom. The summed E-state index contributed by atoms with van der Waals surface area (Å²) in [7, 11) is 0. The lowest BCUT2D eigenvalue weighted by atomic mass is 9.85. The van der Waals surface area contributed by atoms with Crippen molar-refractivity contribution < 1.29 is 5.11 Å². The van der Waals surface area contributed by atoms with Crippen LogP contribution in [-0.4, -0.2) is 10.7 Å². The SMILES string of the molecule is CCCCC(O)(C#Cc1ccccc1)C1C(c2ccccc2)=C1c1ccccc1. The molecule has 0 saturated carbocycles. The van der Waals surface area contributed by atoms with Crippen LogP contribution in [0, 0.1) is 17.8 Å². The third-order valence-corrected chi connectivity index (χ3v) is 5.54. The van der Waals surface area contributed by atoms with Gasteiger partial charge in [0.05, 0.1) is 5.92 Å². The molecule has 1 heteroatoms. The van der Waals surface area contributed by atoms with Crippen LogP contribution < -0.4 is 0 Å². The molecule has 0 saturated heterocycles. The van der Waals surface area contributed by atoms with Crippen molar-refractivity contribution in [1.29, 1.82) is 0 Å². The maximum absolute atomic E-state index is 11.8. The van der Waals surface area contributed by atoms with Crippen LogP contribution in [0.4, 0.5) is 0 Å². The quantitative estimate of drug-likeness (QED) is 0.506. The molecule has 0 aromatic heterocycles. The predicted octanol–water partition coefficient (Wildman–Crippen LogP) is 6.20. The summed E-state index contributed by atoms with van der Waals surface area (Å²) in [6.45, 7) is 2.15. The van der Waals surface area contributed by atoms with E-state index in [1.807, 2.05) is 42.5 Å². The van der Waals surface area contributed by atoms with Crippen LogP contribution in [0.5, 0.6) is 0 Å². The van der Waals surface area contributed by atoms with Crippen molar-refractivity contribution in [3.63, 3.8) is 0 Å². The Hall–Kier alpha value is -3.08. The summed E-state index contributed by atoms with van der Waals surface area (Å²) in [5, 5.41) is 11.8. The monoisotopic (exact) mass is 378 g/mol. The van der Waals surface area contributed by atoms with E-state index in [0.717, 1.165) is 18.4 Å². The smallest absolute Gasteiger partial charge is 0.136 e. The molecule has 29 heavy (non-hydrogen) atoms. The van der Waals surface area contributed by atoms with Crippen molar-refractivity contribution in [3.05, 3.63) is 108 Å². The number of aliphatic hydroxyl groups is 1. The fourth-order valence-electron chi connectivity index (χ4n) is 4.01. The summed E-state index contributed by atoms with van der Waals surface area (Å²) in [5.74, 6) is 6.45. The summed E-state index contributed by atoms with van der Waals surface area (Å²) in [4.78, 5) is 0. The maximum atomic E-state index is 11.8. The Morgan fingerprint density at radius 2 is 1.24 bits per heavy atom. The van der Waals surface area contributed by atoms with Gasteiger partial charge in [-0.25, -0.2) is 0 Å². The van der Waals surface area contributed by atoms with E-state index < -0.39 is 5.60 Å². The lowest BCUT2D eigenvalue weighted by Gasteiger charge is -2.24. The molecule has 1 aliphatic rings. The molecule has 1 atom stereocenters. The largest absolute Gasteiger partial charge is 0.377 e. The summed E-state index contributed by atoms with van der Waals surface area (Å²) >= 11 is 0. The van der Waals surface area contributed by atoms with E-state index in [1.54, 1.807) is 0 Å². The highest BCUT2D eigenvalue weighted by Gasteiger charge is 2.51. The van der Waals surface area contributed by atoms with Crippen LogP contribution in [0.1, 0.15) is 42.9 Å². The van der Waals surface area contributed by atoms with Gasteiger partial charge in [-0.15, -0.1) is 0 Å². The fraction of sp³-hybridized carbons (Fsp3) is 0.214. The van der Waals surface area contributed by atoms with Crippen molar-refractivity contribution >= 4 is 11.1 Å². The Balaban J connectivity index is 1.75. The molecule has 1 unspecified atom stereocenters. The number of hydrogen-bond donors (Lipinski definition) is 1. The molecule has 3 aromatic rings. The van der Waals surface area contributed by atoms with Crippen LogP contribution >= 0.6 is 0 Å². The van der Waals surface area contributed by atoms with E-state index in [0.29, 0.717) is 6.42 Å². The molecule has 1 N–H and O–H groups in total. The van der Waals surface area contributed by atoms with Gasteiger partial charge in [0.2, 0.25) is 0 Å². The van der Waals surface area contributed by atoms with Crippen LogP contribution in [0.2, 0.25) is 0 Å². The predicted molar refractivity (Wildman–Crippen MR) is 121 cm³/mol. The number of hydrogen-bond acceptors (Lipinski definition) is 1. The van der Waals surface area contributed by atoms with Crippen LogP contribution in [0.15, 0.2) is 91.0 Å². The molecule has 4 rings (SSSR count). The highest BCUT2D eigenvalue weighted by molar-refractivity contribution is 6.12. The molecule has 0 spiro atoms. The van der Waals surface area contributed by atoms with Crippen LogP contribution in [-0.2, 0) is 0 Å². The van der Waals surface area contributed by atoms with Crippen molar-refractivity contribution in [2.45, 2.75) is 31.8 Å². The van der Waals surface area contributed by atoms with Gasteiger partial charge in [0.25, 0.3) is 0 Å². The van der Waals surface area contributed by atoms with Crippen molar-refractivity contribution in [3.8, 4) is 11.8 Å². The van der Waals surface area contributed by atoms with Gasteiger partial charge in [0, 0.05) is 5.56 Å². The Morgan fingerprint density at radius 3 is 1.72 bits per heavy atom. The van der Waals surface area contributed by atoms with Gasteiger partial charge in [-0.1, -0.05) is 104 Å². The normalized spacial score (nSPS) is 15.4. The number of unbranched alkanes of at least 4 members (excludes halogenated alkanes) is 1. The maximum Gasteiger partial charge on any atom is 0.136 e. The minimum absolute atomic E-state index is 0.0601. The summed E-state index contributed by atoms with van der Waals surface area (Å²) in [6.07, 6.45) is 2.64. The Bertz CT molecular complexity index is 989. The van der Waals surface area contributed by atoms with E-state index in [-0.39, 0.29) is 5.92 Å². The second-order valence-electron chi connectivity index (χ2n) is 7.64. The first-order chi connectivity index (χ1) is 14.2. The molecule has 0 fully saturated rings. The summed E-state index contributed by atoms with van der Waals surface area (Å²) < 4.78 is 0. The van der Waals surface area contributed by atoms with Gasteiger partial charge < -0.3 is 5.11 Å². The van der Waals surface area contributed by atoms with Crippen molar-refractivity contribution in [1.82, 2.24) is 0 Å². The van der Waals surface area contributed by atoms with E-state index in [9.17, 15) is 5.11 Å². The van der Waals surface area contributed by atoms with Gasteiger partial charge in [0.1, 0.15) is 5.60 Å². The Kier molecular flexibility index (Phi) is 5.65. The average Bonchev–Trinajstić information content (AvgIpc) is 3.55. The molecule has 1 nitrogen and oxygen atoms in total. The van der Waals surface area contributed by atoms with Gasteiger partial charge >= 0.3 is 0 Å². The minimum Gasteiger partial charge on any atom is -0.377 e. The molecular weight excluding hydrogens is 352 g/mol. The first-order valence-corrected chi connectivity index (χ1v) is 10.4. The lowest BCUT2D eigenvalue weighted by Crippen LogP contribution is -2.31. The van der Waals surface area contributed by atoms with Crippen LogP contribution in [0.25, 0.3) is 11.1 Å². The Labute approximate surface area is 173 Å². The van der Waals surface area contributed by atoms with E-state index in [4.69, 9.17) is 0 Å². The highest BCUT2D eigenvalue weighted by Crippen LogP contribution is 2.59. The molecule has 0 radical (unpaired) electrons. The molecule has 0 bridgehead atoms. The molecule has 0 aliphatic heterocycles. The zero-order valence-electron chi connectivity index (χ0n) is 16.8. The van der Waals surface area contributed by atoms with Gasteiger partial charge in [-0.3, -0.25) is 0 Å². The highest BCUT2D eigenvalue weighted by atomic mass is 16.3. The zero-order chi connectivity index (χ0) is 20.1. The number of rotatable bonds is 6. The third-order valence-electron chi connectivity index (χ3n) is 5.54. The molecular formula is C28H26O. The summed E-state index contributed by atoms with van der Waals surface area (Å²) in [5.41, 5.74) is 4.66. The molecule has 3 aromatic carbocycles. The van der Waals surface area contributed by atoms with Gasteiger partial charge in [-0.2, -0.15) is 0 Å². The zero-order valence-corrected chi connectivity index (χ0v) is 16.8. The van der Waals surface area contributed by atoms with E-state index in [2.05, 4.69) is 67.3 Å². The molecule has 0 amide bonds. The number of benzene rings is 3. The molecule has 0 heterocycles. The standard InChI is InChI=1S/C28H26O/c1-2-3-20-28(29,21-19-22-13-7-4-8-14-22)27-25(23-15-9-5-10-16-23)26(27)24-17-11-6-12-18-24/h4-18,27,29H,2-3,20H2,1H3. The lowest BCUT2D eigenvalue weighted by molar-refractivity contribution is 0.0784. The van der Waals surface area contributed by atoms with Crippen molar-refractivity contribution in [2.75, 3.05) is 0 Å². The van der Waals surface area contributed by atoms with E-state index >= 15 is 0 Å². The summed E-state index contributed by atoms with van der Waals surface area (Å²) in [6, 6.07) is 30.7. The second-order valence-corrected chi connectivity index (χ2v) is 7.64. The van der Waals surface area contributed by atoms with Gasteiger partial charge in [-0.05, 0) is 47.2 Å². The van der Waals surface area contributed by atoms with Gasteiger partial charge in [0.15, 0.2) is 0 Å². The minimum atomic E-state index is -1.07. The average molecular weight is 379 g/mol. The third kappa shape index (κ3) is 4.19. The topological polar surface area (TPSA) is 20.2 Å². The van der Waals surface area contributed by atoms with Crippen LogP contribution in [0.3, 0.4) is 0 Å². The molecule has 1 aliphatic carbocycles. The first-order valence-electron chi connectivity index (χ1n) is 10.4. The first kappa shape index (κ1) is 19.2. The van der Waals surface area contributed by atoms with Crippen molar-refractivity contribution in [2.24, 2.45) is 5.92 Å². The fourth-order valence-corrected chi connectivity index (χ4v) is 4.01. The van der Waals surface area contributed by atoms with E-state index in [1.165, 1.54) is 22.3 Å². The molecule has 144 valence electrons. The second kappa shape index (κ2) is 8.52.